The third-order valence-electron chi connectivity index (χ3n) is 4.55. The Balaban J connectivity index is 1.46. The van der Waals surface area contributed by atoms with Gasteiger partial charge in [-0.25, -0.2) is 13.2 Å². The van der Waals surface area contributed by atoms with Gasteiger partial charge in [0, 0.05) is 30.9 Å². The van der Waals surface area contributed by atoms with E-state index in [0.717, 1.165) is 13.0 Å². The zero-order chi connectivity index (χ0) is 16.4. The highest BCUT2D eigenvalue weighted by Gasteiger charge is 2.29. The van der Waals surface area contributed by atoms with Crippen LogP contribution in [-0.2, 0) is 16.3 Å². The maximum atomic E-state index is 11.9. The van der Waals surface area contributed by atoms with E-state index in [1.165, 1.54) is 11.3 Å². The van der Waals surface area contributed by atoms with Crippen LogP contribution in [0.5, 0.6) is 0 Å². The van der Waals surface area contributed by atoms with Crippen molar-refractivity contribution in [2.45, 2.75) is 31.8 Å². The van der Waals surface area contributed by atoms with Gasteiger partial charge < -0.3 is 15.5 Å². The maximum absolute atomic E-state index is 11.9. The Labute approximate surface area is 137 Å². The van der Waals surface area contributed by atoms with Gasteiger partial charge in [-0.15, -0.1) is 0 Å². The molecule has 126 valence electrons. The molecule has 7 heteroatoms. The highest BCUT2D eigenvalue weighted by molar-refractivity contribution is 7.91. The highest BCUT2D eigenvalue weighted by atomic mass is 32.2. The van der Waals surface area contributed by atoms with Crippen LogP contribution in [0, 0.1) is 0 Å². The number of anilines is 1. The number of rotatable bonds is 4. The van der Waals surface area contributed by atoms with Crippen LogP contribution in [0.4, 0.5) is 10.5 Å². The molecule has 0 aromatic heterocycles. The first-order valence-corrected chi connectivity index (χ1v) is 9.86. The van der Waals surface area contributed by atoms with Gasteiger partial charge in [-0.2, -0.15) is 0 Å². The molecule has 0 bridgehead atoms. The molecule has 2 atom stereocenters. The molecule has 3 rings (SSSR count). The summed E-state index contributed by atoms with van der Waals surface area (Å²) in [5, 5.41) is 5.57. The number of amides is 2. The molecule has 1 aromatic rings. The van der Waals surface area contributed by atoms with Crippen LogP contribution in [0.3, 0.4) is 0 Å². The molecule has 0 spiro atoms. The van der Waals surface area contributed by atoms with Crippen LogP contribution in [0.25, 0.3) is 0 Å². The highest BCUT2D eigenvalue weighted by Crippen LogP contribution is 2.31. The normalized spacial score (nSPS) is 25.2. The average molecular weight is 337 g/mol. The molecule has 2 aliphatic rings. The van der Waals surface area contributed by atoms with E-state index < -0.39 is 9.84 Å². The summed E-state index contributed by atoms with van der Waals surface area (Å²) in [5.74, 6) is 0.219. The zero-order valence-electron chi connectivity index (χ0n) is 13.3. The third kappa shape index (κ3) is 3.77. The Bertz CT molecular complexity index is 690. The standard InChI is InChI=1S/C16H23N3O3S/c1-12-10-13-4-2-3-5-15(13)19(12)8-7-17-16(20)18-14-6-9-23(21,22)11-14/h2-5,12,14H,6-11H2,1H3,(H2,17,18,20)/t12-,14-/m1/s1. The van der Waals surface area contributed by atoms with Crippen molar-refractivity contribution >= 4 is 21.6 Å². The van der Waals surface area contributed by atoms with E-state index in [9.17, 15) is 13.2 Å². The van der Waals surface area contributed by atoms with Crippen molar-refractivity contribution in [1.82, 2.24) is 10.6 Å². The van der Waals surface area contributed by atoms with Crippen LogP contribution in [0.1, 0.15) is 18.9 Å². The number of para-hydroxylation sites is 1. The number of nitrogens with zero attached hydrogens (tertiary/aromatic N) is 1. The van der Waals surface area contributed by atoms with Gasteiger partial charge in [0.25, 0.3) is 0 Å². The van der Waals surface area contributed by atoms with Crippen molar-refractivity contribution in [1.29, 1.82) is 0 Å². The van der Waals surface area contributed by atoms with E-state index in [2.05, 4.69) is 40.7 Å². The number of carbonyl (C=O) groups is 1. The van der Waals surface area contributed by atoms with Crippen molar-refractivity contribution in [2.75, 3.05) is 29.5 Å². The lowest BCUT2D eigenvalue weighted by atomic mass is 10.1. The second kappa shape index (κ2) is 6.39. The zero-order valence-corrected chi connectivity index (χ0v) is 14.1. The van der Waals surface area contributed by atoms with Crippen LogP contribution in [0.2, 0.25) is 0 Å². The molecule has 0 unspecified atom stereocenters. The number of hydrogen-bond acceptors (Lipinski definition) is 4. The fraction of sp³-hybridized carbons (Fsp3) is 0.562. The lowest BCUT2D eigenvalue weighted by molar-refractivity contribution is 0.238. The van der Waals surface area contributed by atoms with Crippen LogP contribution < -0.4 is 15.5 Å². The van der Waals surface area contributed by atoms with Gasteiger partial charge in [0.1, 0.15) is 0 Å². The van der Waals surface area contributed by atoms with Crippen LogP contribution in [-0.4, -0.2) is 51.1 Å². The number of carbonyl (C=O) groups excluding carboxylic acids is 1. The van der Waals surface area contributed by atoms with Crippen LogP contribution in [0.15, 0.2) is 24.3 Å². The number of nitrogens with one attached hydrogen (secondary N) is 2. The summed E-state index contributed by atoms with van der Waals surface area (Å²) in [6.45, 7) is 3.46. The van der Waals surface area contributed by atoms with Gasteiger partial charge in [-0.1, -0.05) is 18.2 Å². The molecule has 0 saturated carbocycles. The Morgan fingerprint density at radius 2 is 2.13 bits per heavy atom. The van der Waals surface area contributed by atoms with Gasteiger partial charge in [-0.3, -0.25) is 0 Å². The molecule has 2 heterocycles. The summed E-state index contributed by atoms with van der Waals surface area (Å²) in [6, 6.07) is 8.23. The molecule has 2 N–H and O–H groups in total. The summed E-state index contributed by atoms with van der Waals surface area (Å²) in [6.07, 6.45) is 1.54. The first-order valence-electron chi connectivity index (χ1n) is 8.04. The maximum Gasteiger partial charge on any atom is 0.315 e. The van der Waals surface area contributed by atoms with Gasteiger partial charge in [-0.05, 0) is 31.4 Å². The largest absolute Gasteiger partial charge is 0.367 e. The minimum absolute atomic E-state index is 0.0525. The second-order valence-electron chi connectivity index (χ2n) is 6.38. The van der Waals surface area contributed by atoms with Crippen molar-refractivity contribution in [3.8, 4) is 0 Å². The molecule has 2 amide bonds. The second-order valence-corrected chi connectivity index (χ2v) is 8.60. The summed E-state index contributed by atoms with van der Waals surface area (Å²) < 4.78 is 22.8. The fourth-order valence-corrected chi connectivity index (χ4v) is 5.08. The number of hydrogen-bond donors (Lipinski definition) is 2. The fourth-order valence-electron chi connectivity index (χ4n) is 3.41. The molecule has 2 aliphatic heterocycles. The number of fused-ring (bicyclic) bond motifs is 1. The average Bonchev–Trinajstić information content (AvgIpc) is 2.99. The van der Waals surface area contributed by atoms with Crippen molar-refractivity contribution in [2.24, 2.45) is 0 Å². The monoisotopic (exact) mass is 337 g/mol. The Kier molecular flexibility index (Phi) is 4.48. The lowest BCUT2D eigenvalue weighted by Gasteiger charge is -2.25. The third-order valence-corrected chi connectivity index (χ3v) is 6.32. The minimum atomic E-state index is -2.97. The predicted molar refractivity (Wildman–Crippen MR) is 90.5 cm³/mol. The van der Waals surface area contributed by atoms with Crippen molar-refractivity contribution in [3.63, 3.8) is 0 Å². The first-order chi connectivity index (χ1) is 10.9. The summed E-state index contributed by atoms with van der Waals surface area (Å²) in [5.41, 5.74) is 2.59. The summed E-state index contributed by atoms with van der Waals surface area (Å²) in [4.78, 5) is 14.2. The molecule has 0 aliphatic carbocycles. The smallest absolute Gasteiger partial charge is 0.315 e. The van der Waals surface area contributed by atoms with Crippen molar-refractivity contribution < 1.29 is 13.2 Å². The lowest BCUT2D eigenvalue weighted by Crippen LogP contribution is -2.45. The van der Waals surface area contributed by atoms with Crippen LogP contribution >= 0.6 is 0 Å². The van der Waals surface area contributed by atoms with E-state index in [1.54, 1.807) is 0 Å². The molecule has 1 saturated heterocycles. The van der Waals surface area contributed by atoms with Gasteiger partial charge in [0.05, 0.1) is 11.5 Å². The first kappa shape index (κ1) is 16.1. The van der Waals surface area contributed by atoms with E-state index in [-0.39, 0.29) is 23.6 Å². The Morgan fingerprint density at radius 3 is 2.87 bits per heavy atom. The molecular formula is C16H23N3O3S. The molecule has 0 radical (unpaired) electrons. The number of sulfone groups is 1. The molecule has 1 fully saturated rings. The predicted octanol–water partition coefficient (Wildman–Crippen LogP) is 0.924. The summed E-state index contributed by atoms with van der Waals surface area (Å²) in [7, 11) is -2.97. The number of urea groups is 1. The molecular weight excluding hydrogens is 314 g/mol. The van der Waals surface area contributed by atoms with Gasteiger partial charge in [0.15, 0.2) is 9.84 Å². The minimum Gasteiger partial charge on any atom is -0.367 e. The summed E-state index contributed by atoms with van der Waals surface area (Å²) >= 11 is 0. The topological polar surface area (TPSA) is 78.5 Å². The Hall–Kier alpha value is -1.76. The van der Waals surface area contributed by atoms with E-state index in [4.69, 9.17) is 0 Å². The quantitative estimate of drug-likeness (QED) is 0.856. The molecule has 23 heavy (non-hydrogen) atoms. The molecule has 1 aromatic carbocycles. The Morgan fingerprint density at radius 1 is 1.35 bits per heavy atom. The van der Waals surface area contributed by atoms with E-state index in [1.807, 2.05) is 6.07 Å². The number of benzene rings is 1. The van der Waals surface area contributed by atoms with E-state index >= 15 is 0 Å². The SMILES string of the molecule is C[C@@H]1Cc2ccccc2N1CCNC(=O)N[C@@H]1CCS(=O)(=O)C1. The van der Waals surface area contributed by atoms with Crippen molar-refractivity contribution in [3.05, 3.63) is 29.8 Å². The van der Waals surface area contributed by atoms with E-state index in [0.29, 0.717) is 19.0 Å². The molecule has 6 nitrogen and oxygen atoms in total. The van der Waals surface area contributed by atoms with Gasteiger partial charge >= 0.3 is 6.03 Å². The van der Waals surface area contributed by atoms with Gasteiger partial charge in [0.2, 0.25) is 0 Å².